The number of amides is 2. The van der Waals surface area contributed by atoms with E-state index in [1.54, 1.807) is 17.0 Å². The summed E-state index contributed by atoms with van der Waals surface area (Å²) in [6.07, 6.45) is 0. The number of hydrogen-bond acceptors (Lipinski definition) is 3. The van der Waals surface area contributed by atoms with E-state index in [0.717, 1.165) is 16.5 Å². The number of carbonyl (C=O) groups is 2. The minimum atomic E-state index is -0.244. The predicted octanol–water partition coefficient (Wildman–Crippen LogP) is 4.15. The lowest BCUT2D eigenvalue weighted by molar-refractivity contribution is 0.0772. The summed E-state index contributed by atoms with van der Waals surface area (Å²) in [6.45, 7) is 7.55. The molecule has 2 amide bonds. The molecule has 0 aliphatic heterocycles. The molecule has 0 bridgehead atoms. The molecule has 3 aromatic rings. The number of furan rings is 1. The van der Waals surface area contributed by atoms with Gasteiger partial charge in [0.15, 0.2) is 5.76 Å². The first-order chi connectivity index (χ1) is 13.0. The van der Waals surface area contributed by atoms with Gasteiger partial charge >= 0.3 is 0 Å². The molecule has 0 aliphatic rings. The van der Waals surface area contributed by atoms with Crippen molar-refractivity contribution >= 4 is 22.8 Å². The summed E-state index contributed by atoms with van der Waals surface area (Å²) in [5, 5.41) is 3.83. The minimum Gasteiger partial charge on any atom is -0.451 e. The van der Waals surface area contributed by atoms with Crippen molar-refractivity contribution in [3.63, 3.8) is 0 Å². The number of hydrogen-bond donors (Lipinski definition) is 1. The Hall–Kier alpha value is -3.08. The van der Waals surface area contributed by atoms with Gasteiger partial charge in [-0.15, -0.1) is 0 Å². The van der Waals surface area contributed by atoms with Crippen LogP contribution < -0.4 is 5.32 Å². The van der Waals surface area contributed by atoms with E-state index in [9.17, 15) is 9.59 Å². The molecule has 0 unspecified atom stereocenters. The number of rotatable bonds is 6. The summed E-state index contributed by atoms with van der Waals surface area (Å²) >= 11 is 0. The number of benzene rings is 2. The van der Waals surface area contributed by atoms with Gasteiger partial charge in [0.25, 0.3) is 11.8 Å². The number of nitrogens with one attached hydrogen (secondary N) is 1. The van der Waals surface area contributed by atoms with Crippen LogP contribution in [0.25, 0.3) is 11.0 Å². The van der Waals surface area contributed by atoms with E-state index in [0.29, 0.717) is 36.5 Å². The van der Waals surface area contributed by atoms with E-state index in [-0.39, 0.29) is 11.8 Å². The molecule has 27 heavy (non-hydrogen) atoms. The van der Waals surface area contributed by atoms with E-state index in [4.69, 9.17) is 4.42 Å². The monoisotopic (exact) mass is 364 g/mol. The van der Waals surface area contributed by atoms with Crippen LogP contribution in [0, 0.1) is 6.92 Å². The molecule has 2 aromatic carbocycles. The maximum atomic E-state index is 12.5. The maximum absolute atomic E-state index is 12.5. The molecule has 0 aliphatic carbocycles. The second-order valence-electron chi connectivity index (χ2n) is 6.41. The van der Waals surface area contributed by atoms with Crippen molar-refractivity contribution in [3.05, 3.63) is 71.0 Å². The first-order valence-corrected chi connectivity index (χ1v) is 9.19. The fourth-order valence-corrected chi connectivity index (χ4v) is 3.11. The molecule has 0 spiro atoms. The Labute approximate surface area is 159 Å². The third kappa shape index (κ3) is 3.87. The van der Waals surface area contributed by atoms with Gasteiger partial charge in [-0.3, -0.25) is 9.59 Å². The van der Waals surface area contributed by atoms with Crippen molar-refractivity contribution < 1.29 is 14.0 Å². The van der Waals surface area contributed by atoms with Crippen LogP contribution >= 0.6 is 0 Å². The Morgan fingerprint density at radius 2 is 1.67 bits per heavy atom. The number of nitrogens with zero attached hydrogens (tertiary/aromatic N) is 1. The number of carbonyl (C=O) groups excluding carboxylic acids is 2. The van der Waals surface area contributed by atoms with Crippen LogP contribution in [0.1, 0.15) is 45.9 Å². The Morgan fingerprint density at radius 1 is 1.00 bits per heavy atom. The number of para-hydroxylation sites is 1. The van der Waals surface area contributed by atoms with E-state index in [1.807, 2.05) is 57.2 Å². The van der Waals surface area contributed by atoms with Crippen molar-refractivity contribution in [2.24, 2.45) is 0 Å². The first-order valence-electron chi connectivity index (χ1n) is 9.19. The highest BCUT2D eigenvalue weighted by Gasteiger charge is 2.17. The highest BCUT2D eigenvalue weighted by molar-refractivity contribution is 5.99. The zero-order valence-corrected chi connectivity index (χ0v) is 15.9. The van der Waals surface area contributed by atoms with E-state index in [2.05, 4.69) is 5.32 Å². The summed E-state index contributed by atoms with van der Waals surface area (Å²) in [7, 11) is 0. The van der Waals surface area contributed by atoms with Gasteiger partial charge in [-0.05, 0) is 44.5 Å². The molecule has 3 rings (SSSR count). The van der Waals surface area contributed by atoms with Crippen LogP contribution in [0.2, 0.25) is 0 Å². The lowest BCUT2D eigenvalue weighted by atomic mass is 10.1. The summed E-state index contributed by atoms with van der Waals surface area (Å²) in [5.41, 5.74) is 3.12. The fraction of sp³-hybridized carbons (Fsp3) is 0.273. The van der Waals surface area contributed by atoms with E-state index in [1.165, 1.54) is 0 Å². The fourth-order valence-electron chi connectivity index (χ4n) is 3.11. The Balaban J connectivity index is 1.66. The van der Waals surface area contributed by atoms with Gasteiger partial charge in [-0.2, -0.15) is 0 Å². The zero-order chi connectivity index (χ0) is 19.4. The predicted molar refractivity (Wildman–Crippen MR) is 106 cm³/mol. The van der Waals surface area contributed by atoms with Crippen LogP contribution in [0.3, 0.4) is 0 Å². The molecule has 140 valence electrons. The molecule has 0 atom stereocenters. The van der Waals surface area contributed by atoms with Crippen LogP contribution in [-0.4, -0.2) is 29.8 Å². The Morgan fingerprint density at radius 3 is 2.30 bits per heavy atom. The maximum Gasteiger partial charge on any atom is 0.287 e. The van der Waals surface area contributed by atoms with Gasteiger partial charge in [-0.25, -0.2) is 0 Å². The zero-order valence-electron chi connectivity index (χ0n) is 15.9. The lowest BCUT2D eigenvalue weighted by Crippen LogP contribution is -2.30. The van der Waals surface area contributed by atoms with Crippen LogP contribution in [0.4, 0.5) is 0 Å². The van der Waals surface area contributed by atoms with Gasteiger partial charge in [0.1, 0.15) is 5.58 Å². The molecule has 5 heteroatoms. The summed E-state index contributed by atoms with van der Waals surface area (Å²) < 4.78 is 5.69. The molecule has 0 saturated heterocycles. The third-order valence-electron chi connectivity index (χ3n) is 4.75. The average molecular weight is 364 g/mol. The molecular formula is C22H24N2O3. The molecule has 1 aromatic heterocycles. The second-order valence-corrected chi connectivity index (χ2v) is 6.41. The van der Waals surface area contributed by atoms with Crippen LogP contribution in [0.5, 0.6) is 0 Å². The highest BCUT2D eigenvalue weighted by atomic mass is 16.3. The van der Waals surface area contributed by atoms with Crippen molar-refractivity contribution in [3.8, 4) is 0 Å². The standard InChI is InChI=1S/C22H24N2O3/c1-4-24(5-2)22(26)17-12-10-16(11-13-17)14-23-21(25)20-15(3)18-8-6-7-9-19(18)27-20/h6-13H,4-5,14H2,1-3H3,(H,23,25). The van der Waals surface area contributed by atoms with Gasteiger partial charge < -0.3 is 14.6 Å². The number of aryl methyl sites for hydroxylation is 1. The third-order valence-corrected chi connectivity index (χ3v) is 4.75. The van der Waals surface area contributed by atoms with Crippen molar-refractivity contribution in [1.82, 2.24) is 10.2 Å². The molecule has 0 radical (unpaired) electrons. The molecular weight excluding hydrogens is 340 g/mol. The van der Waals surface area contributed by atoms with Crippen molar-refractivity contribution in [2.45, 2.75) is 27.3 Å². The normalized spacial score (nSPS) is 10.8. The van der Waals surface area contributed by atoms with E-state index < -0.39 is 0 Å². The van der Waals surface area contributed by atoms with Gasteiger partial charge in [0.2, 0.25) is 0 Å². The molecule has 1 N–H and O–H groups in total. The molecule has 0 saturated carbocycles. The molecule has 0 fully saturated rings. The SMILES string of the molecule is CCN(CC)C(=O)c1ccc(CNC(=O)c2oc3ccccc3c2C)cc1. The van der Waals surface area contributed by atoms with Crippen LogP contribution in [-0.2, 0) is 6.54 Å². The van der Waals surface area contributed by atoms with Gasteiger partial charge in [0, 0.05) is 36.1 Å². The van der Waals surface area contributed by atoms with Crippen LogP contribution in [0.15, 0.2) is 52.9 Å². The van der Waals surface area contributed by atoms with Crippen molar-refractivity contribution in [1.29, 1.82) is 0 Å². The first kappa shape index (κ1) is 18.7. The minimum absolute atomic E-state index is 0.0217. The highest BCUT2D eigenvalue weighted by Crippen LogP contribution is 2.24. The largest absolute Gasteiger partial charge is 0.451 e. The molecule has 5 nitrogen and oxygen atoms in total. The smallest absolute Gasteiger partial charge is 0.287 e. The second kappa shape index (κ2) is 8.08. The topological polar surface area (TPSA) is 62.6 Å². The number of fused-ring (bicyclic) bond motifs is 1. The summed E-state index contributed by atoms with van der Waals surface area (Å²) in [4.78, 5) is 26.6. The Bertz CT molecular complexity index is 953. The van der Waals surface area contributed by atoms with Gasteiger partial charge in [-0.1, -0.05) is 30.3 Å². The van der Waals surface area contributed by atoms with E-state index >= 15 is 0 Å². The Kier molecular flexibility index (Phi) is 5.60. The van der Waals surface area contributed by atoms with Gasteiger partial charge in [0.05, 0.1) is 0 Å². The van der Waals surface area contributed by atoms with Crippen molar-refractivity contribution in [2.75, 3.05) is 13.1 Å². The quantitative estimate of drug-likeness (QED) is 0.715. The lowest BCUT2D eigenvalue weighted by Gasteiger charge is -2.18. The summed E-state index contributed by atoms with van der Waals surface area (Å²) in [5.74, 6) is 0.116. The summed E-state index contributed by atoms with van der Waals surface area (Å²) in [6, 6.07) is 14.9. The average Bonchev–Trinajstić information content (AvgIpc) is 3.04. The molecule has 1 heterocycles.